The Morgan fingerprint density at radius 3 is 2.73 bits per heavy atom. The Bertz CT molecular complexity index is 720. The van der Waals surface area contributed by atoms with E-state index in [2.05, 4.69) is 19.8 Å². The molecule has 2 N–H and O–H groups in total. The van der Waals surface area contributed by atoms with Crippen LogP contribution in [0.25, 0.3) is 0 Å². The Hall–Kier alpha value is -1.26. The van der Waals surface area contributed by atoms with Crippen molar-refractivity contribution in [1.82, 2.24) is 9.88 Å². The van der Waals surface area contributed by atoms with Crippen LogP contribution in [0.3, 0.4) is 0 Å². The molecule has 2 aromatic rings. The van der Waals surface area contributed by atoms with E-state index in [0.717, 1.165) is 49.0 Å². The number of ether oxygens (including phenoxy) is 1. The third-order valence-electron chi connectivity index (χ3n) is 4.21. The molecule has 0 radical (unpaired) electrons. The monoisotopic (exact) mass is 507 g/mol. The van der Waals surface area contributed by atoms with Crippen molar-refractivity contribution in [3.05, 3.63) is 40.4 Å². The number of anilines is 1. The van der Waals surface area contributed by atoms with E-state index < -0.39 is 0 Å². The predicted octanol–water partition coefficient (Wildman–Crippen LogP) is 3.10. The summed E-state index contributed by atoms with van der Waals surface area (Å²) in [5.74, 6) is 1.36. The quantitative estimate of drug-likeness (QED) is 0.383. The second kappa shape index (κ2) is 10.2. The van der Waals surface area contributed by atoms with Crippen molar-refractivity contribution >= 4 is 58.0 Å². The van der Waals surface area contributed by atoms with Gasteiger partial charge in [-0.15, -0.1) is 35.3 Å². The Kier molecular flexibility index (Phi) is 8.23. The largest absolute Gasteiger partial charge is 0.497 e. The van der Waals surface area contributed by atoms with E-state index in [1.54, 1.807) is 18.4 Å². The van der Waals surface area contributed by atoms with Crippen molar-refractivity contribution in [2.75, 3.05) is 44.7 Å². The fraction of sp³-hybridized carbons (Fsp3) is 0.412. The average Bonchev–Trinajstić information content (AvgIpc) is 3.17. The highest BCUT2D eigenvalue weighted by atomic mass is 127. The van der Waals surface area contributed by atoms with Crippen LogP contribution in [0.1, 0.15) is 5.56 Å². The summed E-state index contributed by atoms with van der Waals surface area (Å²) in [7, 11) is 1.63. The number of nitrogens with two attached hydrogens (primary N) is 1. The molecule has 1 aliphatic heterocycles. The molecule has 0 aliphatic carbocycles. The molecular weight excluding hydrogens is 485 g/mol. The fourth-order valence-electron chi connectivity index (χ4n) is 2.75. The Morgan fingerprint density at radius 2 is 2.12 bits per heavy atom. The first-order chi connectivity index (χ1) is 12.2. The van der Waals surface area contributed by atoms with E-state index in [1.807, 2.05) is 29.8 Å². The summed E-state index contributed by atoms with van der Waals surface area (Å²) in [5.41, 5.74) is 7.20. The molecule has 9 heteroatoms. The Morgan fingerprint density at radius 1 is 1.35 bits per heavy atom. The van der Waals surface area contributed by atoms with Gasteiger partial charge in [-0.05, 0) is 24.1 Å². The Labute approximate surface area is 180 Å². The molecule has 26 heavy (non-hydrogen) atoms. The van der Waals surface area contributed by atoms with Crippen molar-refractivity contribution in [2.24, 2.45) is 10.7 Å². The fourth-order valence-corrected chi connectivity index (χ4v) is 3.71. The number of guanidine groups is 1. The number of piperazine rings is 1. The first kappa shape index (κ1) is 21.0. The first-order valence-electron chi connectivity index (χ1n) is 8.19. The van der Waals surface area contributed by atoms with Crippen LogP contribution in [0.4, 0.5) is 5.13 Å². The zero-order valence-corrected chi connectivity index (χ0v) is 18.5. The molecule has 0 bridgehead atoms. The minimum atomic E-state index is 0. The minimum Gasteiger partial charge on any atom is -0.497 e. The normalized spacial score (nSPS) is 14.9. The van der Waals surface area contributed by atoms with Crippen LogP contribution < -0.4 is 15.4 Å². The summed E-state index contributed by atoms with van der Waals surface area (Å²) in [6.07, 6.45) is 2.59. The summed E-state index contributed by atoms with van der Waals surface area (Å²) in [6, 6.07) is 5.70. The van der Waals surface area contributed by atoms with E-state index in [0.29, 0.717) is 17.5 Å². The molecule has 1 saturated heterocycles. The molecule has 2 heterocycles. The van der Waals surface area contributed by atoms with E-state index in [1.165, 1.54) is 0 Å². The summed E-state index contributed by atoms with van der Waals surface area (Å²) in [6.45, 7) is 4.16. The molecule has 1 fully saturated rings. The number of methoxy groups -OCH3 is 1. The minimum absolute atomic E-state index is 0. The van der Waals surface area contributed by atoms with Crippen LogP contribution in [0.15, 0.2) is 34.8 Å². The smallest absolute Gasteiger partial charge is 0.191 e. The standard InChI is InChI=1S/C17H22ClN5OS.HI/c1-24-14-3-2-13(15(18)12-14)4-5-20-16(19)22-7-9-23(10-8-22)17-21-6-11-25-17;/h2-3,6,11-12H,4-5,7-10H2,1H3,(H2,19,20);1H. The second-order valence-corrected chi connectivity index (χ2v) is 7.02. The van der Waals surface area contributed by atoms with Crippen molar-refractivity contribution in [3.63, 3.8) is 0 Å². The number of aliphatic imine (C=N–C) groups is 1. The van der Waals surface area contributed by atoms with Crippen molar-refractivity contribution < 1.29 is 4.74 Å². The van der Waals surface area contributed by atoms with Crippen LogP contribution in [0.2, 0.25) is 5.02 Å². The molecule has 1 aromatic carbocycles. The zero-order valence-electron chi connectivity index (χ0n) is 14.6. The zero-order chi connectivity index (χ0) is 17.6. The molecular formula is C17H23ClIN5OS. The lowest BCUT2D eigenvalue weighted by Crippen LogP contribution is -2.51. The van der Waals surface area contributed by atoms with Gasteiger partial charge in [-0.3, -0.25) is 4.99 Å². The highest BCUT2D eigenvalue weighted by Crippen LogP contribution is 2.23. The van der Waals surface area contributed by atoms with Gasteiger partial charge >= 0.3 is 0 Å². The van der Waals surface area contributed by atoms with Gasteiger partial charge in [0.2, 0.25) is 0 Å². The van der Waals surface area contributed by atoms with Crippen LogP contribution in [0, 0.1) is 0 Å². The average molecular weight is 508 g/mol. The van der Waals surface area contributed by atoms with Gasteiger partial charge < -0.3 is 20.3 Å². The maximum atomic E-state index is 6.26. The number of hydrogen-bond acceptors (Lipinski definition) is 5. The van der Waals surface area contributed by atoms with Gasteiger partial charge in [-0.25, -0.2) is 4.98 Å². The van der Waals surface area contributed by atoms with E-state index in [4.69, 9.17) is 22.1 Å². The van der Waals surface area contributed by atoms with Gasteiger partial charge in [0.15, 0.2) is 11.1 Å². The van der Waals surface area contributed by atoms with Crippen LogP contribution in [0.5, 0.6) is 5.75 Å². The lowest BCUT2D eigenvalue weighted by Gasteiger charge is -2.35. The van der Waals surface area contributed by atoms with Gasteiger partial charge in [0, 0.05) is 49.3 Å². The van der Waals surface area contributed by atoms with Crippen molar-refractivity contribution in [3.8, 4) is 5.75 Å². The molecule has 142 valence electrons. The number of hydrogen-bond donors (Lipinski definition) is 1. The van der Waals surface area contributed by atoms with Gasteiger partial charge in [-0.2, -0.15) is 0 Å². The van der Waals surface area contributed by atoms with Gasteiger partial charge in [0.05, 0.1) is 7.11 Å². The SMILES string of the molecule is COc1ccc(CCN=C(N)N2CCN(c3nccs3)CC2)c(Cl)c1.I. The molecule has 0 saturated carbocycles. The third-order valence-corrected chi connectivity index (χ3v) is 5.39. The number of benzene rings is 1. The van der Waals surface area contributed by atoms with E-state index in [9.17, 15) is 0 Å². The number of halogens is 2. The van der Waals surface area contributed by atoms with Crippen LogP contribution in [-0.2, 0) is 6.42 Å². The highest BCUT2D eigenvalue weighted by molar-refractivity contribution is 14.0. The first-order valence-corrected chi connectivity index (χ1v) is 9.45. The summed E-state index contributed by atoms with van der Waals surface area (Å²) in [5, 5.41) is 3.77. The highest BCUT2D eigenvalue weighted by Gasteiger charge is 2.19. The van der Waals surface area contributed by atoms with Crippen molar-refractivity contribution in [2.45, 2.75) is 6.42 Å². The van der Waals surface area contributed by atoms with E-state index in [-0.39, 0.29) is 24.0 Å². The predicted molar refractivity (Wildman–Crippen MR) is 120 cm³/mol. The topological polar surface area (TPSA) is 67.0 Å². The molecule has 3 rings (SSSR count). The Balaban J connectivity index is 0.00000243. The van der Waals surface area contributed by atoms with Gasteiger partial charge in [0.1, 0.15) is 5.75 Å². The number of rotatable bonds is 5. The molecule has 1 aromatic heterocycles. The second-order valence-electron chi connectivity index (χ2n) is 5.74. The molecule has 0 amide bonds. The molecule has 6 nitrogen and oxygen atoms in total. The maximum Gasteiger partial charge on any atom is 0.191 e. The molecule has 1 aliphatic rings. The number of thiazole rings is 1. The van der Waals surface area contributed by atoms with Gasteiger partial charge in [0.25, 0.3) is 0 Å². The van der Waals surface area contributed by atoms with E-state index >= 15 is 0 Å². The molecule has 0 spiro atoms. The number of nitrogens with zero attached hydrogens (tertiary/aromatic N) is 4. The van der Waals surface area contributed by atoms with Crippen LogP contribution >= 0.6 is 46.9 Å². The van der Waals surface area contributed by atoms with Gasteiger partial charge in [-0.1, -0.05) is 17.7 Å². The lowest BCUT2D eigenvalue weighted by molar-refractivity contribution is 0.380. The molecule has 0 atom stereocenters. The summed E-state index contributed by atoms with van der Waals surface area (Å²) in [4.78, 5) is 13.3. The van der Waals surface area contributed by atoms with Crippen molar-refractivity contribution in [1.29, 1.82) is 0 Å². The van der Waals surface area contributed by atoms with Crippen LogP contribution in [-0.4, -0.2) is 55.7 Å². The molecule has 0 unspecified atom stereocenters. The maximum absolute atomic E-state index is 6.26. The summed E-state index contributed by atoms with van der Waals surface area (Å²) >= 11 is 7.92. The third kappa shape index (κ3) is 5.37. The lowest BCUT2D eigenvalue weighted by atomic mass is 10.1. The summed E-state index contributed by atoms with van der Waals surface area (Å²) < 4.78 is 5.16. The number of aromatic nitrogens is 1.